The normalized spacial score (nSPS) is 28.7. The Kier molecular flexibility index (Phi) is 3.07. The molecule has 2 aliphatic heterocycles. The molecule has 0 unspecified atom stereocenters. The second-order valence-electron chi connectivity index (χ2n) is 4.83. The Hall–Kier alpha value is -0.150. The fourth-order valence-corrected chi connectivity index (χ4v) is 2.33. The van der Waals surface area contributed by atoms with Gasteiger partial charge in [0, 0.05) is 32.7 Å². The van der Waals surface area contributed by atoms with Crippen LogP contribution in [0.15, 0.2) is 0 Å². The van der Waals surface area contributed by atoms with Crippen molar-refractivity contribution in [3.8, 4) is 0 Å². The van der Waals surface area contributed by atoms with Crippen LogP contribution in [0.5, 0.6) is 0 Å². The quantitative estimate of drug-likeness (QED) is 0.741. The number of hydrogen-bond donors (Lipinski definition) is 1. The molecule has 2 fully saturated rings. The minimum absolute atomic E-state index is 0.686. The summed E-state index contributed by atoms with van der Waals surface area (Å²) in [5, 5.41) is 3.28. The third kappa shape index (κ3) is 2.26. The minimum atomic E-state index is -0.853. The summed E-state index contributed by atoms with van der Waals surface area (Å²) in [6.07, 6.45) is 2.17. The van der Waals surface area contributed by atoms with Crippen LogP contribution in [0.1, 0.15) is 26.2 Å². The van der Waals surface area contributed by atoms with Gasteiger partial charge in [-0.3, -0.25) is 0 Å². The van der Waals surface area contributed by atoms with Crippen molar-refractivity contribution < 1.29 is 4.39 Å². The van der Waals surface area contributed by atoms with E-state index in [1.54, 1.807) is 0 Å². The maximum Gasteiger partial charge on any atom is 0.113 e. The lowest BCUT2D eigenvalue weighted by atomic mass is 9.90. The Bertz CT molecular complexity index is 184. The van der Waals surface area contributed by atoms with Crippen LogP contribution in [-0.4, -0.2) is 43.3 Å². The van der Waals surface area contributed by atoms with E-state index in [1.165, 1.54) is 6.54 Å². The van der Waals surface area contributed by atoms with E-state index in [4.69, 9.17) is 0 Å². The number of piperidine rings is 1. The lowest BCUT2D eigenvalue weighted by Crippen LogP contribution is -2.51. The highest BCUT2D eigenvalue weighted by Crippen LogP contribution is 2.29. The molecule has 82 valence electrons. The first-order valence-corrected chi connectivity index (χ1v) is 5.84. The largest absolute Gasteiger partial charge is 0.316 e. The van der Waals surface area contributed by atoms with Crippen molar-refractivity contribution in [2.75, 3.05) is 32.7 Å². The van der Waals surface area contributed by atoms with E-state index in [-0.39, 0.29) is 0 Å². The lowest BCUT2D eigenvalue weighted by molar-refractivity contribution is 0.0441. The van der Waals surface area contributed by atoms with Gasteiger partial charge in [0.1, 0.15) is 5.67 Å². The molecular formula is C11H21FN2. The summed E-state index contributed by atoms with van der Waals surface area (Å²) >= 11 is 0. The maximum atomic E-state index is 13.9. The number of alkyl halides is 1. The summed E-state index contributed by atoms with van der Waals surface area (Å²) in [5.74, 6) is 0.823. The molecular weight excluding hydrogens is 179 g/mol. The van der Waals surface area contributed by atoms with Crippen molar-refractivity contribution in [2.45, 2.75) is 31.9 Å². The van der Waals surface area contributed by atoms with Gasteiger partial charge < -0.3 is 10.2 Å². The van der Waals surface area contributed by atoms with Crippen molar-refractivity contribution in [2.24, 2.45) is 5.92 Å². The Morgan fingerprint density at radius 3 is 2.43 bits per heavy atom. The molecule has 0 radical (unpaired) electrons. The molecule has 2 aliphatic rings. The standard InChI is InChI=1S/C11H21FN2/c1-2-11(12)3-5-14(6-4-11)9-10-7-13-8-10/h10,13H,2-9H2,1H3. The molecule has 0 spiro atoms. The molecule has 2 nitrogen and oxygen atoms in total. The summed E-state index contributed by atoms with van der Waals surface area (Å²) in [5.41, 5.74) is -0.853. The Morgan fingerprint density at radius 1 is 1.36 bits per heavy atom. The number of rotatable bonds is 3. The highest BCUT2D eigenvalue weighted by atomic mass is 19.1. The van der Waals surface area contributed by atoms with Gasteiger partial charge in [0.05, 0.1) is 0 Å². The first-order chi connectivity index (χ1) is 6.72. The molecule has 0 aromatic carbocycles. The van der Waals surface area contributed by atoms with Crippen LogP contribution < -0.4 is 5.32 Å². The van der Waals surface area contributed by atoms with E-state index in [0.29, 0.717) is 6.42 Å². The summed E-state index contributed by atoms with van der Waals surface area (Å²) in [4.78, 5) is 2.43. The predicted octanol–water partition coefficient (Wildman–Crippen LogP) is 1.42. The van der Waals surface area contributed by atoms with Gasteiger partial charge in [0.25, 0.3) is 0 Å². The maximum absolute atomic E-state index is 13.9. The van der Waals surface area contributed by atoms with Crippen LogP contribution in [0.2, 0.25) is 0 Å². The van der Waals surface area contributed by atoms with Crippen molar-refractivity contribution in [3.63, 3.8) is 0 Å². The van der Waals surface area contributed by atoms with Crippen LogP contribution in [-0.2, 0) is 0 Å². The highest BCUT2D eigenvalue weighted by molar-refractivity contribution is 4.87. The molecule has 1 N–H and O–H groups in total. The molecule has 0 atom stereocenters. The molecule has 0 aromatic rings. The Labute approximate surface area is 85.9 Å². The SMILES string of the molecule is CCC1(F)CCN(CC2CNC2)CC1. The summed E-state index contributed by atoms with van der Waals surface area (Å²) in [7, 11) is 0. The molecule has 0 bridgehead atoms. The van der Waals surface area contributed by atoms with Crippen molar-refractivity contribution in [1.82, 2.24) is 10.2 Å². The third-order valence-corrected chi connectivity index (χ3v) is 3.77. The van der Waals surface area contributed by atoms with E-state index < -0.39 is 5.67 Å². The number of hydrogen-bond acceptors (Lipinski definition) is 2. The van der Waals surface area contributed by atoms with Gasteiger partial charge >= 0.3 is 0 Å². The van der Waals surface area contributed by atoms with Crippen molar-refractivity contribution in [1.29, 1.82) is 0 Å². The second kappa shape index (κ2) is 4.15. The molecule has 2 saturated heterocycles. The predicted molar refractivity (Wildman–Crippen MR) is 56.2 cm³/mol. The molecule has 14 heavy (non-hydrogen) atoms. The van der Waals surface area contributed by atoms with Crippen molar-refractivity contribution >= 4 is 0 Å². The molecule has 2 heterocycles. The van der Waals surface area contributed by atoms with Gasteiger partial charge in [-0.05, 0) is 25.2 Å². The van der Waals surface area contributed by atoms with Gasteiger partial charge in [0.15, 0.2) is 0 Å². The summed E-state index contributed by atoms with van der Waals surface area (Å²) < 4.78 is 13.9. The third-order valence-electron chi connectivity index (χ3n) is 3.77. The summed E-state index contributed by atoms with van der Waals surface area (Å²) in [6, 6.07) is 0. The monoisotopic (exact) mass is 200 g/mol. The van der Waals surface area contributed by atoms with Crippen LogP contribution in [0.25, 0.3) is 0 Å². The molecule has 0 saturated carbocycles. The zero-order valence-corrected chi connectivity index (χ0v) is 9.06. The Morgan fingerprint density at radius 2 is 2.00 bits per heavy atom. The Balaban J connectivity index is 1.72. The minimum Gasteiger partial charge on any atom is -0.316 e. The van der Waals surface area contributed by atoms with Gasteiger partial charge in [-0.15, -0.1) is 0 Å². The van der Waals surface area contributed by atoms with Gasteiger partial charge in [-0.2, -0.15) is 0 Å². The van der Waals surface area contributed by atoms with Crippen molar-refractivity contribution in [3.05, 3.63) is 0 Å². The van der Waals surface area contributed by atoms with Gasteiger partial charge in [-0.1, -0.05) is 6.92 Å². The molecule has 3 heteroatoms. The zero-order valence-electron chi connectivity index (χ0n) is 9.06. The second-order valence-corrected chi connectivity index (χ2v) is 4.83. The van der Waals surface area contributed by atoms with Gasteiger partial charge in [0.2, 0.25) is 0 Å². The fraction of sp³-hybridized carbons (Fsp3) is 1.00. The highest BCUT2D eigenvalue weighted by Gasteiger charge is 2.33. The number of nitrogens with one attached hydrogen (secondary N) is 1. The average molecular weight is 200 g/mol. The van der Waals surface area contributed by atoms with Crippen LogP contribution in [0, 0.1) is 5.92 Å². The lowest BCUT2D eigenvalue weighted by Gasteiger charge is -2.39. The van der Waals surface area contributed by atoms with Crippen LogP contribution in [0.3, 0.4) is 0 Å². The fourth-order valence-electron chi connectivity index (χ4n) is 2.33. The van der Waals surface area contributed by atoms with E-state index in [0.717, 1.165) is 44.9 Å². The van der Waals surface area contributed by atoms with E-state index in [9.17, 15) is 4.39 Å². The zero-order chi connectivity index (χ0) is 10.0. The first kappa shape index (κ1) is 10.4. The van der Waals surface area contributed by atoms with E-state index in [2.05, 4.69) is 10.2 Å². The van der Waals surface area contributed by atoms with Crippen LogP contribution in [0.4, 0.5) is 4.39 Å². The van der Waals surface area contributed by atoms with E-state index >= 15 is 0 Å². The molecule has 0 amide bonds. The topological polar surface area (TPSA) is 15.3 Å². The number of nitrogens with zero attached hydrogens (tertiary/aromatic N) is 1. The van der Waals surface area contributed by atoms with E-state index in [1.807, 2.05) is 6.92 Å². The van der Waals surface area contributed by atoms with Crippen LogP contribution >= 0.6 is 0 Å². The molecule has 0 aliphatic carbocycles. The number of halogens is 1. The van der Waals surface area contributed by atoms with Gasteiger partial charge in [-0.25, -0.2) is 4.39 Å². The summed E-state index contributed by atoms with van der Waals surface area (Å²) in [6.45, 7) is 7.37. The molecule has 2 rings (SSSR count). The first-order valence-electron chi connectivity index (χ1n) is 5.84. The molecule has 0 aromatic heterocycles. The number of likely N-dealkylation sites (tertiary alicyclic amines) is 1. The smallest absolute Gasteiger partial charge is 0.113 e. The average Bonchev–Trinajstić information content (AvgIpc) is 2.14.